The van der Waals surface area contributed by atoms with Crippen LogP contribution in [0.3, 0.4) is 0 Å². The van der Waals surface area contributed by atoms with Crippen LogP contribution >= 0.6 is 0 Å². The van der Waals surface area contributed by atoms with E-state index in [0.29, 0.717) is 35.7 Å². The normalized spacial score (nSPS) is 12.6. The van der Waals surface area contributed by atoms with E-state index in [1.807, 2.05) is 65.8 Å². The Bertz CT molecular complexity index is 1430. The van der Waals surface area contributed by atoms with Gasteiger partial charge < -0.3 is 25.0 Å². The molecule has 40 heavy (non-hydrogen) atoms. The second-order valence-corrected chi connectivity index (χ2v) is 11.2. The Morgan fingerprint density at radius 3 is 2.55 bits per heavy atom. The molecule has 1 aromatic heterocycles. The van der Waals surface area contributed by atoms with E-state index < -0.39 is 11.6 Å². The van der Waals surface area contributed by atoms with Crippen LogP contribution in [0.1, 0.15) is 61.8 Å². The molecular formula is C31H36N4O5. The van der Waals surface area contributed by atoms with Crippen molar-refractivity contribution in [3.05, 3.63) is 77.0 Å². The number of benzene rings is 2. The number of nitrogens with one attached hydrogen (secondary N) is 2. The molecule has 0 bridgehead atoms. The SMILES string of the molecule is Cc1ccc(C(=O)Nc2ccc3c(c2)CCN3C(=O)Cc2cccc(OC(=O)NC(C)(C)C)n2)c(OC(C)C)c1. The molecule has 2 aromatic carbocycles. The molecule has 0 spiro atoms. The van der Waals surface area contributed by atoms with E-state index in [-0.39, 0.29) is 30.2 Å². The molecule has 0 unspecified atom stereocenters. The maximum Gasteiger partial charge on any atom is 0.414 e. The maximum absolute atomic E-state index is 13.2. The van der Waals surface area contributed by atoms with Crippen molar-refractivity contribution in [3.63, 3.8) is 0 Å². The number of nitrogens with zero attached hydrogens (tertiary/aromatic N) is 2. The topological polar surface area (TPSA) is 110 Å². The van der Waals surface area contributed by atoms with Crippen molar-refractivity contribution in [3.8, 4) is 11.6 Å². The number of anilines is 2. The fourth-order valence-corrected chi connectivity index (χ4v) is 4.40. The highest BCUT2D eigenvalue weighted by Crippen LogP contribution is 2.32. The molecule has 4 rings (SSSR count). The Balaban J connectivity index is 1.42. The van der Waals surface area contributed by atoms with Crippen LogP contribution in [-0.2, 0) is 17.6 Å². The number of carbonyl (C=O) groups is 3. The van der Waals surface area contributed by atoms with Crippen molar-refractivity contribution >= 4 is 29.3 Å². The summed E-state index contributed by atoms with van der Waals surface area (Å²) in [5.41, 5.74) is 3.95. The Kier molecular flexibility index (Phi) is 8.42. The Labute approximate surface area is 234 Å². The fraction of sp³-hybridized carbons (Fsp3) is 0.355. The third-order valence-corrected chi connectivity index (χ3v) is 6.07. The molecule has 9 heteroatoms. The van der Waals surface area contributed by atoms with Crippen LogP contribution in [0.25, 0.3) is 0 Å². The van der Waals surface area contributed by atoms with Crippen LogP contribution in [-0.4, -0.2) is 41.1 Å². The highest BCUT2D eigenvalue weighted by Gasteiger charge is 2.26. The van der Waals surface area contributed by atoms with Crippen molar-refractivity contribution in [2.45, 2.75) is 66.0 Å². The van der Waals surface area contributed by atoms with Gasteiger partial charge in [0.2, 0.25) is 11.8 Å². The van der Waals surface area contributed by atoms with Gasteiger partial charge in [-0.25, -0.2) is 9.78 Å². The minimum Gasteiger partial charge on any atom is -0.490 e. The zero-order chi connectivity index (χ0) is 29.0. The van der Waals surface area contributed by atoms with Gasteiger partial charge in [0.15, 0.2) is 0 Å². The number of aromatic nitrogens is 1. The number of fused-ring (bicyclic) bond motifs is 1. The smallest absolute Gasteiger partial charge is 0.414 e. The first-order chi connectivity index (χ1) is 18.9. The lowest BCUT2D eigenvalue weighted by Crippen LogP contribution is -2.42. The van der Waals surface area contributed by atoms with Gasteiger partial charge in [0.05, 0.1) is 23.8 Å². The molecule has 210 valence electrons. The average molecular weight is 545 g/mol. The zero-order valence-corrected chi connectivity index (χ0v) is 23.8. The van der Waals surface area contributed by atoms with Gasteiger partial charge in [-0.3, -0.25) is 9.59 Å². The van der Waals surface area contributed by atoms with Crippen LogP contribution in [0.2, 0.25) is 0 Å². The minimum atomic E-state index is -0.606. The van der Waals surface area contributed by atoms with Crippen molar-refractivity contribution in [1.82, 2.24) is 10.3 Å². The highest BCUT2D eigenvalue weighted by molar-refractivity contribution is 6.06. The standard InChI is InChI=1S/C31H36N4O5/c1-19(2)39-26-16-20(3)10-12-24(26)29(37)33-23-11-13-25-21(17-23)14-15-35(25)28(36)18-22-8-7-9-27(32-22)40-30(38)34-31(4,5)6/h7-13,16-17,19H,14-15,18H2,1-6H3,(H,33,37)(H,34,38). The molecule has 9 nitrogen and oxygen atoms in total. The molecule has 2 N–H and O–H groups in total. The van der Waals surface area contributed by atoms with Crippen molar-refractivity contribution in [2.75, 3.05) is 16.8 Å². The number of carbonyl (C=O) groups excluding carboxylic acids is 3. The average Bonchev–Trinajstić information content (AvgIpc) is 3.26. The molecule has 1 aliphatic rings. The van der Waals surface area contributed by atoms with E-state index in [1.165, 1.54) is 0 Å². The third kappa shape index (κ3) is 7.37. The minimum absolute atomic E-state index is 0.0576. The first-order valence-electron chi connectivity index (χ1n) is 13.4. The molecular weight excluding hydrogens is 508 g/mol. The lowest BCUT2D eigenvalue weighted by molar-refractivity contribution is -0.117. The Morgan fingerprint density at radius 2 is 1.82 bits per heavy atom. The summed E-state index contributed by atoms with van der Waals surface area (Å²) in [6, 6.07) is 16.0. The fourth-order valence-electron chi connectivity index (χ4n) is 4.40. The summed E-state index contributed by atoms with van der Waals surface area (Å²) in [5, 5.41) is 5.67. The summed E-state index contributed by atoms with van der Waals surface area (Å²) >= 11 is 0. The van der Waals surface area contributed by atoms with Gasteiger partial charge in [0.25, 0.3) is 5.91 Å². The van der Waals surface area contributed by atoms with E-state index in [0.717, 1.165) is 16.8 Å². The first-order valence-corrected chi connectivity index (χ1v) is 13.4. The Hall–Kier alpha value is -4.40. The molecule has 2 heterocycles. The van der Waals surface area contributed by atoms with Crippen molar-refractivity contribution in [2.24, 2.45) is 0 Å². The number of amides is 3. The van der Waals surface area contributed by atoms with E-state index in [9.17, 15) is 14.4 Å². The Morgan fingerprint density at radius 1 is 1.05 bits per heavy atom. The van der Waals surface area contributed by atoms with Gasteiger partial charge in [-0.1, -0.05) is 12.1 Å². The van der Waals surface area contributed by atoms with Crippen LogP contribution in [0.5, 0.6) is 11.6 Å². The molecule has 3 aromatic rings. The van der Waals surface area contributed by atoms with Gasteiger partial charge in [-0.15, -0.1) is 0 Å². The number of hydrogen-bond donors (Lipinski definition) is 2. The number of rotatable bonds is 7. The monoisotopic (exact) mass is 544 g/mol. The lowest BCUT2D eigenvalue weighted by Gasteiger charge is -2.20. The largest absolute Gasteiger partial charge is 0.490 e. The first kappa shape index (κ1) is 28.6. The molecule has 0 saturated carbocycles. The van der Waals surface area contributed by atoms with Gasteiger partial charge in [0.1, 0.15) is 5.75 Å². The quantitative estimate of drug-likeness (QED) is 0.409. The molecule has 0 saturated heterocycles. The van der Waals surface area contributed by atoms with Gasteiger partial charge in [-0.2, -0.15) is 0 Å². The van der Waals surface area contributed by atoms with E-state index >= 15 is 0 Å². The lowest BCUT2D eigenvalue weighted by atomic mass is 10.1. The summed E-state index contributed by atoms with van der Waals surface area (Å²) in [6.45, 7) is 11.9. The second kappa shape index (κ2) is 11.8. The maximum atomic E-state index is 13.2. The van der Waals surface area contributed by atoms with Crippen molar-refractivity contribution < 1.29 is 23.9 Å². The number of aryl methyl sites for hydroxylation is 1. The summed E-state index contributed by atoms with van der Waals surface area (Å²) in [6.07, 6.45) is 0.0590. The predicted octanol–water partition coefficient (Wildman–Crippen LogP) is 5.45. The summed E-state index contributed by atoms with van der Waals surface area (Å²) < 4.78 is 11.1. The molecule has 0 atom stereocenters. The number of ether oxygens (including phenoxy) is 2. The van der Waals surface area contributed by atoms with Crippen LogP contribution < -0.4 is 25.0 Å². The summed E-state index contributed by atoms with van der Waals surface area (Å²) in [7, 11) is 0. The highest BCUT2D eigenvalue weighted by atomic mass is 16.6. The van der Waals surface area contributed by atoms with Crippen molar-refractivity contribution in [1.29, 1.82) is 0 Å². The zero-order valence-electron chi connectivity index (χ0n) is 23.8. The summed E-state index contributed by atoms with van der Waals surface area (Å²) in [5.74, 6) is 0.300. The second-order valence-electron chi connectivity index (χ2n) is 11.2. The van der Waals surface area contributed by atoms with Crippen LogP contribution in [0, 0.1) is 6.92 Å². The van der Waals surface area contributed by atoms with E-state index in [2.05, 4.69) is 15.6 Å². The van der Waals surface area contributed by atoms with E-state index in [1.54, 1.807) is 35.2 Å². The predicted molar refractivity (Wildman–Crippen MR) is 154 cm³/mol. The molecule has 1 aliphatic heterocycles. The number of hydrogen-bond acceptors (Lipinski definition) is 6. The molecule has 3 amide bonds. The number of pyridine rings is 1. The van der Waals surface area contributed by atoms with Gasteiger partial charge in [-0.05, 0) is 95.5 Å². The molecule has 0 fully saturated rings. The van der Waals surface area contributed by atoms with Gasteiger partial charge >= 0.3 is 6.09 Å². The molecule has 0 radical (unpaired) electrons. The van der Waals surface area contributed by atoms with Gasteiger partial charge in [0, 0.05) is 29.5 Å². The summed E-state index contributed by atoms with van der Waals surface area (Å²) in [4.78, 5) is 44.4. The van der Waals surface area contributed by atoms with Crippen LogP contribution in [0.4, 0.5) is 16.2 Å². The molecule has 0 aliphatic carbocycles. The van der Waals surface area contributed by atoms with Crippen LogP contribution in [0.15, 0.2) is 54.6 Å². The third-order valence-electron chi connectivity index (χ3n) is 6.07. The van der Waals surface area contributed by atoms with E-state index in [4.69, 9.17) is 9.47 Å².